The molecule has 0 bridgehead atoms. The van der Waals surface area contributed by atoms with Crippen LogP contribution in [-0.4, -0.2) is 16.8 Å². The maximum Gasteiger partial charge on any atom is 0.311 e. The van der Waals surface area contributed by atoms with Gasteiger partial charge in [-0.05, 0) is 13.3 Å². The van der Waals surface area contributed by atoms with Gasteiger partial charge in [0.05, 0.1) is 5.92 Å². The highest BCUT2D eigenvalue weighted by Gasteiger charge is 2.14. The molecular weight excluding hydrogens is 130 g/mol. The molecule has 0 aliphatic rings. The quantitative estimate of drug-likeness (QED) is 0.586. The molecule has 0 amide bonds. The molecular formula is C7H13NO2. The van der Waals surface area contributed by atoms with Crippen LogP contribution in [0.1, 0.15) is 26.7 Å². The van der Waals surface area contributed by atoms with Crippen molar-refractivity contribution in [3.8, 4) is 0 Å². The van der Waals surface area contributed by atoms with E-state index in [4.69, 9.17) is 10.5 Å². The molecule has 0 rings (SSSR count). The molecule has 3 heteroatoms. The first kappa shape index (κ1) is 9.14. The molecule has 1 unspecified atom stereocenters. The van der Waals surface area contributed by atoms with Crippen LogP contribution in [0.2, 0.25) is 0 Å². The van der Waals surface area contributed by atoms with Crippen molar-refractivity contribution in [2.75, 3.05) is 0 Å². The molecule has 0 saturated carbocycles. The van der Waals surface area contributed by atoms with Crippen LogP contribution in [0.3, 0.4) is 0 Å². The maximum atomic E-state index is 10.3. The molecule has 10 heavy (non-hydrogen) atoms. The van der Waals surface area contributed by atoms with Gasteiger partial charge in [0.25, 0.3) is 0 Å². The van der Waals surface area contributed by atoms with Crippen molar-refractivity contribution in [3.05, 3.63) is 0 Å². The van der Waals surface area contributed by atoms with Crippen LogP contribution >= 0.6 is 0 Å². The van der Waals surface area contributed by atoms with Gasteiger partial charge in [0.2, 0.25) is 0 Å². The number of nitrogens with one attached hydrogen (secondary N) is 1. The molecule has 0 aromatic carbocycles. The van der Waals surface area contributed by atoms with Gasteiger partial charge in [-0.3, -0.25) is 4.79 Å². The molecule has 58 valence electrons. The van der Waals surface area contributed by atoms with E-state index in [1.165, 1.54) is 0 Å². The summed E-state index contributed by atoms with van der Waals surface area (Å²) in [5, 5.41) is 15.7. The van der Waals surface area contributed by atoms with E-state index < -0.39 is 11.9 Å². The van der Waals surface area contributed by atoms with Crippen LogP contribution in [0.5, 0.6) is 0 Å². The van der Waals surface area contributed by atoms with Gasteiger partial charge in [-0.25, -0.2) is 0 Å². The Morgan fingerprint density at radius 3 is 2.50 bits per heavy atom. The third kappa shape index (κ3) is 2.62. The fraction of sp³-hybridized carbons (Fsp3) is 0.714. The lowest BCUT2D eigenvalue weighted by molar-refractivity contribution is -0.138. The Morgan fingerprint density at radius 2 is 2.20 bits per heavy atom. The van der Waals surface area contributed by atoms with Gasteiger partial charge in [-0.2, -0.15) is 0 Å². The predicted octanol–water partition coefficient (Wildman–Crippen LogP) is 1.53. The standard InChI is InChI=1S/C7H13NO2/c1-3-4-6(8)5(2)7(9)10/h5,8H,3-4H2,1-2H3,(H,9,10). The Kier molecular flexibility index (Phi) is 3.69. The van der Waals surface area contributed by atoms with Gasteiger partial charge in [0, 0.05) is 5.71 Å². The van der Waals surface area contributed by atoms with E-state index in [1.54, 1.807) is 6.92 Å². The Morgan fingerprint density at radius 1 is 1.70 bits per heavy atom. The molecule has 2 N–H and O–H groups in total. The average molecular weight is 143 g/mol. The number of carboxylic acids is 1. The van der Waals surface area contributed by atoms with Gasteiger partial charge < -0.3 is 10.5 Å². The van der Waals surface area contributed by atoms with Crippen molar-refractivity contribution in [3.63, 3.8) is 0 Å². The van der Waals surface area contributed by atoms with E-state index in [9.17, 15) is 4.79 Å². The lowest BCUT2D eigenvalue weighted by Gasteiger charge is -2.05. The van der Waals surface area contributed by atoms with Crippen molar-refractivity contribution in [1.82, 2.24) is 0 Å². The minimum Gasteiger partial charge on any atom is -0.481 e. The van der Waals surface area contributed by atoms with E-state index in [1.807, 2.05) is 6.92 Å². The molecule has 1 atom stereocenters. The minimum atomic E-state index is -0.904. The van der Waals surface area contributed by atoms with Crippen LogP contribution in [-0.2, 0) is 4.79 Å². The molecule has 0 aromatic heterocycles. The van der Waals surface area contributed by atoms with E-state index in [2.05, 4.69) is 0 Å². The zero-order valence-electron chi connectivity index (χ0n) is 6.35. The van der Waals surface area contributed by atoms with E-state index in [-0.39, 0.29) is 0 Å². The lowest BCUT2D eigenvalue weighted by Crippen LogP contribution is -2.19. The smallest absolute Gasteiger partial charge is 0.311 e. The topological polar surface area (TPSA) is 61.2 Å². The van der Waals surface area contributed by atoms with E-state index in [0.29, 0.717) is 12.1 Å². The second-order valence-electron chi connectivity index (χ2n) is 2.34. The first-order valence-electron chi connectivity index (χ1n) is 3.39. The first-order valence-corrected chi connectivity index (χ1v) is 3.39. The Balaban J connectivity index is 3.82. The molecule has 0 spiro atoms. The third-order valence-electron chi connectivity index (χ3n) is 1.41. The number of carboxylic acid groups (broad SMARTS) is 1. The fourth-order valence-electron chi connectivity index (χ4n) is 0.635. The molecule has 0 aliphatic carbocycles. The molecule has 0 fully saturated rings. The maximum absolute atomic E-state index is 10.3. The van der Waals surface area contributed by atoms with Crippen molar-refractivity contribution in [2.24, 2.45) is 5.92 Å². The number of hydrogen-bond donors (Lipinski definition) is 2. The number of rotatable bonds is 4. The molecule has 3 nitrogen and oxygen atoms in total. The van der Waals surface area contributed by atoms with Crippen LogP contribution in [0.15, 0.2) is 0 Å². The van der Waals surface area contributed by atoms with Gasteiger partial charge in [-0.1, -0.05) is 13.3 Å². The summed E-state index contributed by atoms with van der Waals surface area (Å²) in [5.74, 6) is -1.52. The summed E-state index contributed by atoms with van der Waals surface area (Å²) >= 11 is 0. The monoisotopic (exact) mass is 143 g/mol. The summed E-state index contributed by atoms with van der Waals surface area (Å²) in [4.78, 5) is 10.3. The molecule has 0 aromatic rings. The van der Waals surface area contributed by atoms with Gasteiger partial charge in [-0.15, -0.1) is 0 Å². The molecule has 0 radical (unpaired) electrons. The Bertz CT molecular complexity index is 143. The second kappa shape index (κ2) is 4.04. The van der Waals surface area contributed by atoms with Gasteiger partial charge in [0.15, 0.2) is 0 Å². The largest absolute Gasteiger partial charge is 0.481 e. The van der Waals surface area contributed by atoms with Crippen molar-refractivity contribution < 1.29 is 9.90 Å². The van der Waals surface area contributed by atoms with Crippen LogP contribution in [0.25, 0.3) is 0 Å². The van der Waals surface area contributed by atoms with Crippen molar-refractivity contribution in [1.29, 1.82) is 5.41 Å². The van der Waals surface area contributed by atoms with E-state index in [0.717, 1.165) is 6.42 Å². The lowest BCUT2D eigenvalue weighted by atomic mass is 10.0. The predicted molar refractivity (Wildman–Crippen MR) is 39.4 cm³/mol. The summed E-state index contributed by atoms with van der Waals surface area (Å²) in [6.07, 6.45) is 1.43. The van der Waals surface area contributed by atoms with Crippen molar-refractivity contribution in [2.45, 2.75) is 26.7 Å². The van der Waals surface area contributed by atoms with Crippen LogP contribution < -0.4 is 0 Å². The minimum absolute atomic E-state index is 0.315. The fourth-order valence-corrected chi connectivity index (χ4v) is 0.635. The number of hydrogen-bond acceptors (Lipinski definition) is 2. The second-order valence-corrected chi connectivity index (χ2v) is 2.34. The summed E-state index contributed by atoms with van der Waals surface area (Å²) in [7, 11) is 0. The SMILES string of the molecule is CCCC(=N)C(C)C(=O)O. The molecule has 0 aliphatic heterocycles. The summed E-state index contributed by atoms with van der Waals surface area (Å²) in [6.45, 7) is 3.48. The zero-order valence-corrected chi connectivity index (χ0v) is 6.35. The zero-order chi connectivity index (χ0) is 8.15. The normalized spacial score (nSPS) is 12.6. The highest BCUT2D eigenvalue weighted by Crippen LogP contribution is 2.02. The van der Waals surface area contributed by atoms with Crippen LogP contribution in [0, 0.1) is 11.3 Å². The van der Waals surface area contributed by atoms with E-state index >= 15 is 0 Å². The van der Waals surface area contributed by atoms with Gasteiger partial charge >= 0.3 is 5.97 Å². The summed E-state index contributed by atoms with van der Waals surface area (Å²) < 4.78 is 0. The Hall–Kier alpha value is -0.860. The number of carbonyl (C=O) groups is 1. The van der Waals surface area contributed by atoms with Crippen molar-refractivity contribution >= 4 is 11.7 Å². The summed E-state index contributed by atoms with van der Waals surface area (Å²) in [5.41, 5.74) is 0.315. The molecule has 0 saturated heterocycles. The highest BCUT2D eigenvalue weighted by atomic mass is 16.4. The van der Waals surface area contributed by atoms with Crippen LogP contribution in [0.4, 0.5) is 0 Å². The first-order chi connectivity index (χ1) is 4.59. The average Bonchev–Trinajstić information content (AvgIpc) is 1.87. The summed E-state index contributed by atoms with van der Waals surface area (Å²) in [6, 6.07) is 0. The Labute approximate surface area is 60.6 Å². The molecule has 0 heterocycles. The third-order valence-corrected chi connectivity index (χ3v) is 1.41. The highest BCUT2D eigenvalue weighted by molar-refractivity contribution is 5.99. The number of aliphatic carboxylic acids is 1. The van der Waals surface area contributed by atoms with Gasteiger partial charge in [0.1, 0.15) is 0 Å².